The van der Waals surface area contributed by atoms with E-state index in [9.17, 15) is 0 Å². The molecule has 0 aliphatic heterocycles. The first-order chi connectivity index (χ1) is 49.5. The second-order valence-electron chi connectivity index (χ2n) is 29.8. The van der Waals surface area contributed by atoms with Gasteiger partial charge in [-0.25, -0.2) is 0 Å². The largest absolute Gasteiger partial charge is 0.0802 e. The molecular formula is C100H74. The van der Waals surface area contributed by atoms with Gasteiger partial charge in [-0.05, 0) is 295 Å². The van der Waals surface area contributed by atoms with Crippen LogP contribution >= 0.6 is 0 Å². The quantitative estimate of drug-likeness (QED) is 0.142. The van der Waals surface area contributed by atoms with E-state index in [1.54, 1.807) is 33.4 Å². The van der Waals surface area contributed by atoms with Gasteiger partial charge in [-0.3, -0.25) is 0 Å². The van der Waals surface area contributed by atoms with Gasteiger partial charge in [0.05, 0.1) is 0 Å². The number of rotatable bonds is 0. The molecule has 0 fully saturated rings. The highest BCUT2D eigenvalue weighted by Crippen LogP contribution is 2.54. The molecule has 0 saturated carbocycles. The van der Waals surface area contributed by atoms with E-state index in [0.29, 0.717) is 23.7 Å². The zero-order chi connectivity index (χ0) is 65.5. The normalized spacial score (nSPS) is 17.8. The number of benzene rings is 13. The summed E-state index contributed by atoms with van der Waals surface area (Å²) in [7, 11) is 0. The Morgan fingerprint density at radius 3 is 0.930 bits per heavy atom. The van der Waals surface area contributed by atoms with Crippen molar-refractivity contribution in [3.63, 3.8) is 0 Å². The van der Waals surface area contributed by atoms with Crippen LogP contribution in [0.2, 0.25) is 0 Å². The van der Waals surface area contributed by atoms with Crippen LogP contribution in [0, 0.1) is 11.8 Å². The molecule has 13 aromatic carbocycles. The molecule has 100 heavy (non-hydrogen) atoms. The predicted octanol–water partition coefficient (Wildman–Crippen LogP) is 23.8. The Morgan fingerprint density at radius 1 is 0.180 bits per heavy atom. The van der Waals surface area contributed by atoms with Crippen molar-refractivity contribution in [2.75, 3.05) is 0 Å². The van der Waals surface area contributed by atoms with Crippen molar-refractivity contribution < 1.29 is 0 Å². The summed E-state index contributed by atoms with van der Waals surface area (Å²) in [5.41, 5.74) is 53.6. The fourth-order valence-electron chi connectivity index (χ4n) is 19.9. The molecule has 12 aliphatic carbocycles. The Hall–Kier alpha value is -11.2. The maximum atomic E-state index is 2.44. The van der Waals surface area contributed by atoms with E-state index in [4.69, 9.17) is 0 Å². The lowest BCUT2D eigenvalue weighted by molar-refractivity contribution is 0.629. The van der Waals surface area contributed by atoms with E-state index < -0.39 is 0 Å². The molecule has 13 aromatic rings. The number of hydrogen-bond donors (Lipinski definition) is 0. The molecule has 0 nitrogen and oxygen atoms in total. The van der Waals surface area contributed by atoms with Crippen LogP contribution in [-0.2, 0) is 64.2 Å². The predicted molar refractivity (Wildman–Crippen MR) is 415 cm³/mol. The van der Waals surface area contributed by atoms with Gasteiger partial charge in [0.15, 0.2) is 0 Å². The molecule has 4 unspecified atom stereocenters. The first-order valence-electron chi connectivity index (χ1n) is 36.7. The van der Waals surface area contributed by atoms with Crippen molar-refractivity contribution in [2.24, 2.45) is 11.8 Å². The average molecular weight is 1280 g/mol. The van der Waals surface area contributed by atoms with Gasteiger partial charge in [-0.1, -0.05) is 285 Å². The molecule has 0 heteroatoms. The summed E-state index contributed by atoms with van der Waals surface area (Å²) in [4.78, 5) is 0. The number of fused-ring (bicyclic) bond motifs is 33. The van der Waals surface area contributed by atoms with Crippen LogP contribution in [0.25, 0.3) is 89.0 Å². The maximum absolute atomic E-state index is 2.44. The molecule has 0 N–H and O–H groups in total. The zero-order valence-corrected chi connectivity index (χ0v) is 56.2. The van der Waals surface area contributed by atoms with Gasteiger partial charge in [0.2, 0.25) is 0 Å². The van der Waals surface area contributed by atoms with E-state index >= 15 is 0 Å². The van der Waals surface area contributed by atoms with E-state index in [1.165, 1.54) is 180 Å². The SMILES string of the molecule is C1=CC2Cc3c(ccc4c3-c3ccccc3C4)C2C=C1.C1=CC2Cc3c(ccc4c3Cc3ccccc3-4)C2C=C1.c1ccc2c(c1)Cc1cc3c(cc1-2)-c1ccccc1C3.c1ccc2c(c1)Cc1cc3c(cc1-2)Cc1ccccc1-3.c1ccc2c(c1)Cc1ccc3c(c1-2)-c1ccccc1C3. The Morgan fingerprint density at radius 2 is 0.480 bits per heavy atom. The summed E-state index contributed by atoms with van der Waals surface area (Å²) >= 11 is 0. The molecular weight excluding hydrogens is 1200 g/mol. The average Bonchev–Trinajstić information content (AvgIpc) is 1.61. The zero-order valence-electron chi connectivity index (χ0n) is 56.2. The molecule has 474 valence electrons. The van der Waals surface area contributed by atoms with E-state index in [2.05, 4.69) is 303 Å². The Bertz CT molecular complexity index is 5550. The highest BCUT2D eigenvalue weighted by Gasteiger charge is 2.37. The third-order valence-electron chi connectivity index (χ3n) is 24.5. The Labute approximate surface area is 587 Å². The van der Waals surface area contributed by atoms with Gasteiger partial charge in [0.25, 0.3) is 0 Å². The van der Waals surface area contributed by atoms with E-state index in [0.717, 1.165) is 51.4 Å². The third kappa shape index (κ3) is 9.33. The third-order valence-corrected chi connectivity index (χ3v) is 24.5. The molecule has 0 amide bonds. The van der Waals surface area contributed by atoms with Gasteiger partial charge in [0, 0.05) is 11.8 Å². The Balaban J connectivity index is 0.0000000818. The molecule has 0 radical (unpaired) electrons. The lowest BCUT2D eigenvalue weighted by Gasteiger charge is -2.15. The van der Waals surface area contributed by atoms with Crippen molar-refractivity contribution in [1.82, 2.24) is 0 Å². The van der Waals surface area contributed by atoms with Crippen molar-refractivity contribution in [2.45, 2.75) is 76.0 Å². The molecule has 0 bridgehead atoms. The second kappa shape index (κ2) is 23.2. The van der Waals surface area contributed by atoms with Crippen LogP contribution in [0.3, 0.4) is 0 Å². The van der Waals surface area contributed by atoms with E-state index in [1.807, 2.05) is 0 Å². The lowest BCUT2D eigenvalue weighted by Crippen LogP contribution is -2.04. The summed E-state index contributed by atoms with van der Waals surface area (Å²) in [6.45, 7) is 0. The lowest BCUT2D eigenvalue weighted by atomic mass is 9.89. The van der Waals surface area contributed by atoms with Crippen LogP contribution in [0.4, 0.5) is 0 Å². The van der Waals surface area contributed by atoms with Crippen LogP contribution in [0.5, 0.6) is 0 Å². The smallest absolute Gasteiger partial charge is 0.00901 e. The molecule has 0 aromatic heterocycles. The van der Waals surface area contributed by atoms with Crippen molar-refractivity contribution in [3.8, 4) is 89.0 Å². The van der Waals surface area contributed by atoms with Gasteiger partial charge in [-0.15, -0.1) is 0 Å². The van der Waals surface area contributed by atoms with E-state index in [-0.39, 0.29) is 0 Å². The van der Waals surface area contributed by atoms with Gasteiger partial charge in [-0.2, -0.15) is 0 Å². The summed E-state index contributed by atoms with van der Waals surface area (Å²) < 4.78 is 0. The monoisotopic (exact) mass is 1270 g/mol. The first kappa shape index (κ1) is 57.8. The molecule has 0 heterocycles. The van der Waals surface area contributed by atoms with Crippen molar-refractivity contribution in [1.29, 1.82) is 0 Å². The molecule has 4 atom stereocenters. The number of hydrogen-bond acceptors (Lipinski definition) is 0. The van der Waals surface area contributed by atoms with Crippen molar-refractivity contribution in [3.05, 3.63) is 415 Å². The standard InChI is InChI=1S/C20H16.3C20H14.C20H16/c1-3-7-16-14(6-1)12-19-18(16)10-9-15-11-13-5-2-4-8-17(13)20(15)19;1-3-7-17-13(5-1)9-15-11-20-16(12-19(15)17)10-14-6-2-4-8-18(14)20;1-3-7-17-13(5-1)9-15-11-16-10-14-6-2-4-8-18(14)20(16)12-19(15)17;1-3-7-17-13(5-1)11-15-9-10-16-12-14-6-2-4-8-18(14)20(16)19(15)17;1-3-7-15-13(5-1)11-19-17(15)9-10-18-16-8-4-2-6-14(16)12-20(18)19/h1-10,14,16H,11-12H2;2*1-8,11-12H,9-10H2;1-10H,11-12H2;1-10,13,15H,11-12H2. The van der Waals surface area contributed by atoms with Crippen LogP contribution < -0.4 is 0 Å². The summed E-state index contributed by atoms with van der Waals surface area (Å²) in [6, 6.07) is 94.6. The fourth-order valence-corrected chi connectivity index (χ4v) is 19.9. The summed E-state index contributed by atoms with van der Waals surface area (Å²) in [5.74, 6) is 2.58. The molecule has 0 spiro atoms. The van der Waals surface area contributed by atoms with Crippen LogP contribution in [-0.4, -0.2) is 0 Å². The molecule has 0 saturated heterocycles. The van der Waals surface area contributed by atoms with Gasteiger partial charge >= 0.3 is 0 Å². The summed E-state index contributed by atoms with van der Waals surface area (Å²) in [5, 5.41) is 0. The first-order valence-corrected chi connectivity index (χ1v) is 36.7. The highest BCUT2D eigenvalue weighted by atomic mass is 14.4. The highest BCUT2D eigenvalue weighted by molar-refractivity contribution is 5.96. The topological polar surface area (TPSA) is 0 Å². The molecule has 25 rings (SSSR count). The number of allylic oxidation sites excluding steroid dienone is 8. The van der Waals surface area contributed by atoms with Gasteiger partial charge < -0.3 is 0 Å². The van der Waals surface area contributed by atoms with Gasteiger partial charge in [0.1, 0.15) is 0 Å². The van der Waals surface area contributed by atoms with Crippen LogP contribution in [0.15, 0.2) is 303 Å². The fraction of sp³-hybridized carbons (Fsp3) is 0.140. The second-order valence-corrected chi connectivity index (χ2v) is 29.8. The maximum Gasteiger partial charge on any atom is 0.00901 e. The minimum atomic E-state index is 0.605. The van der Waals surface area contributed by atoms with Crippen LogP contribution in [0.1, 0.15) is 123 Å². The Kier molecular flexibility index (Phi) is 13.4. The minimum Gasteiger partial charge on any atom is -0.0802 e. The summed E-state index contributed by atoms with van der Waals surface area (Å²) in [6.07, 6.45) is 29.6. The van der Waals surface area contributed by atoms with Crippen molar-refractivity contribution >= 4 is 0 Å². The minimum absolute atomic E-state index is 0.605. The molecule has 12 aliphatic rings.